The van der Waals surface area contributed by atoms with E-state index >= 15 is 0 Å². The first-order chi connectivity index (χ1) is 6.51. The Balaban J connectivity index is 0. The average molecular weight is 199 g/mol. The summed E-state index contributed by atoms with van der Waals surface area (Å²) in [6, 6.07) is 1.93. The fourth-order valence-corrected chi connectivity index (χ4v) is 0.463. The first kappa shape index (κ1) is 14.7. The number of aliphatic carboxylic acids is 2. The Morgan fingerprint density at radius 1 is 1.43 bits per heavy atom. The normalized spacial score (nSPS) is 9.00. The summed E-state index contributed by atoms with van der Waals surface area (Å²) in [5, 5.41) is 24.1. The Kier molecular flexibility index (Phi) is 9.71. The second kappa shape index (κ2) is 9.26. The van der Waals surface area contributed by atoms with Crippen LogP contribution >= 0.6 is 0 Å². The molecule has 0 spiro atoms. The number of carboxylic acid groups (broad SMARTS) is 2. The van der Waals surface area contributed by atoms with Gasteiger partial charge in [-0.2, -0.15) is 5.26 Å². The first-order valence-electron chi connectivity index (χ1n) is 3.96. The summed E-state index contributed by atoms with van der Waals surface area (Å²) in [5.74, 6) is -4.10. The van der Waals surface area contributed by atoms with Crippen molar-refractivity contribution in [1.82, 2.24) is 0 Å². The first-order valence-corrected chi connectivity index (χ1v) is 3.96. The molecular formula is C9H13NO4. The van der Waals surface area contributed by atoms with Crippen LogP contribution in [0, 0.1) is 17.2 Å². The van der Waals surface area contributed by atoms with Crippen molar-refractivity contribution in [3.63, 3.8) is 0 Å². The maximum atomic E-state index is 10.1. The molecule has 0 atom stereocenters. The van der Waals surface area contributed by atoms with Crippen LogP contribution in [0.5, 0.6) is 0 Å². The lowest BCUT2D eigenvalue weighted by molar-refractivity contribution is -0.151. The summed E-state index contributed by atoms with van der Waals surface area (Å²) < 4.78 is 0. The molecule has 78 valence electrons. The molecule has 0 saturated carbocycles. The van der Waals surface area contributed by atoms with Crippen LogP contribution in [-0.2, 0) is 9.59 Å². The molecule has 0 amide bonds. The highest BCUT2D eigenvalue weighted by molar-refractivity contribution is 5.94. The molecule has 0 aliphatic carbocycles. The van der Waals surface area contributed by atoms with Gasteiger partial charge in [0.25, 0.3) is 0 Å². The summed E-state index contributed by atoms with van der Waals surface area (Å²) in [5.41, 5.74) is 0. The van der Waals surface area contributed by atoms with Gasteiger partial charge in [-0.1, -0.05) is 19.1 Å². The van der Waals surface area contributed by atoms with E-state index in [0.717, 1.165) is 6.08 Å². The summed E-state index contributed by atoms with van der Waals surface area (Å²) in [6.45, 7) is 3.39. The van der Waals surface area contributed by atoms with Crippen molar-refractivity contribution in [1.29, 1.82) is 5.26 Å². The molecule has 0 aromatic rings. The molecule has 0 unspecified atom stereocenters. The van der Waals surface area contributed by atoms with Crippen molar-refractivity contribution < 1.29 is 19.8 Å². The van der Waals surface area contributed by atoms with Crippen molar-refractivity contribution in [2.75, 3.05) is 0 Å². The highest BCUT2D eigenvalue weighted by Gasteiger charge is 2.21. The highest BCUT2D eigenvalue weighted by Crippen LogP contribution is 1.98. The molecule has 0 saturated heterocycles. The predicted octanol–water partition coefficient (Wildman–Crippen LogP) is 1.27. The van der Waals surface area contributed by atoms with Gasteiger partial charge in [0.2, 0.25) is 0 Å². The number of carboxylic acids is 2. The van der Waals surface area contributed by atoms with Gasteiger partial charge < -0.3 is 10.2 Å². The smallest absolute Gasteiger partial charge is 0.321 e. The topological polar surface area (TPSA) is 98.4 Å². The van der Waals surface area contributed by atoms with Crippen LogP contribution in [0.4, 0.5) is 0 Å². The maximum absolute atomic E-state index is 10.1. The molecule has 2 N–H and O–H groups in total. The fraction of sp³-hybridized carbons (Fsp3) is 0.444. The minimum atomic E-state index is -1.41. The Morgan fingerprint density at radius 2 is 1.79 bits per heavy atom. The molecule has 0 heterocycles. The number of hydrogen-bond donors (Lipinski definition) is 2. The third-order valence-corrected chi connectivity index (χ3v) is 1.08. The summed E-state index contributed by atoms with van der Waals surface area (Å²) >= 11 is 0. The summed E-state index contributed by atoms with van der Waals surface area (Å²) in [7, 11) is 0. The van der Waals surface area contributed by atoms with E-state index in [1.54, 1.807) is 6.92 Å². The molecule has 0 aliphatic heterocycles. The van der Waals surface area contributed by atoms with Gasteiger partial charge in [-0.3, -0.25) is 9.59 Å². The van der Waals surface area contributed by atoms with E-state index in [1.807, 2.05) is 13.0 Å². The predicted molar refractivity (Wildman–Crippen MR) is 49.5 cm³/mol. The molecule has 5 nitrogen and oxygen atoms in total. The van der Waals surface area contributed by atoms with Crippen LogP contribution in [0.15, 0.2) is 12.2 Å². The van der Waals surface area contributed by atoms with Crippen LogP contribution in [-0.4, -0.2) is 22.2 Å². The fourth-order valence-electron chi connectivity index (χ4n) is 0.463. The third kappa shape index (κ3) is 8.27. The van der Waals surface area contributed by atoms with E-state index in [9.17, 15) is 9.59 Å². The largest absolute Gasteiger partial charge is 0.480 e. The summed E-state index contributed by atoms with van der Waals surface area (Å²) in [4.78, 5) is 20.2. The molecule has 0 bridgehead atoms. The number of allylic oxidation sites excluding steroid dienone is 1. The van der Waals surface area contributed by atoms with Crippen molar-refractivity contribution in [3.05, 3.63) is 12.2 Å². The Hall–Kier alpha value is -1.83. The number of nitriles is 1. The van der Waals surface area contributed by atoms with Gasteiger partial charge in [0.15, 0.2) is 5.92 Å². The lowest BCUT2D eigenvalue weighted by atomic mass is 10.1. The second-order valence-electron chi connectivity index (χ2n) is 2.19. The Morgan fingerprint density at radius 3 is 1.86 bits per heavy atom. The van der Waals surface area contributed by atoms with E-state index in [2.05, 4.69) is 0 Å². The van der Waals surface area contributed by atoms with Crippen LogP contribution in [0.3, 0.4) is 0 Å². The number of rotatable bonds is 3. The molecule has 0 aromatic carbocycles. The lowest BCUT2D eigenvalue weighted by Crippen LogP contribution is -2.20. The van der Waals surface area contributed by atoms with E-state index in [-0.39, 0.29) is 0 Å². The van der Waals surface area contributed by atoms with Gasteiger partial charge in [-0.25, -0.2) is 0 Å². The van der Waals surface area contributed by atoms with Gasteiger partial charge >= 0.3 is 11.9 Å². The van der Waals surface area contributed by atoms with Crippen molar-refractivity contribution in [2.45, 2.75) is 20.3 Å². The number of carbonyl (C=O) groups is 2. The van der Waals surface area contributed by atoms with Gasteiger partial charge in [0.05, 0.1) is 6.07 Å². The number of nitrogens with zero attached hydrogens (tertiary/aromatic N) is 1. The van der Waals surface area contributed by atoms with Crippen LogP contribution in [0.25, 0.3) is 0 Å². The van der Waals surface area contributed by atoms with Crippen molar-refractivity contribution >= 4 is 11.9 Å². The maximum Gasteiger partial charge on any atom is 0.321 e. The zero-order valence-electron chi connectivity index (χ0n) is 8.10. The Labute approximate surface area is 82.3 Å². The van der Waals surface area contributed by atoms with Gasteiger partial charge in [-0.15, -0.1) is 0 Å². The van der Waals surface area contributed by atoms with E-state index in [1.165, 1.54) is 6.08 Å². The minimum Gasteiger partial charge on any atom is -0.480 e. The van der Waals surface area contributed by atoms with Crippen molar-refractivity contribution in [3.8, 4) is 6.07 Å². The minimum absolute atomic E-state index is 0.625. The molecule has 0 rings (SSSR count). The van der Waals surface area contributed by atoms with Gasteiger partial charge in [0.1, 0.15) is 0 Å². The van der Waals surface area contributed by atoms with E-state index in [0.29, 0.717) is 6.42 Å². The molecule has 0 aromatic heterocycles. The van der Waals surface area contributed by atoms with E-state index in [4.69, 9.17) is 15.5 Å². The van der Waals surface area contributed by atoms with Crippen LogP contribution in [0.1, 0.15) is 20.3 Å². The van der Waals surface area contributed by atoms with Gasteiger partial charge in [0, 0.05) is 6.42 Å². The second-order valence-corrected chi connectivity index (χ2v) is 2.19. The molecule has 0 radical (unpaired) electrons. The van der Waals surface area contributed by atoms with Crippen LogP contribution < -0.4 is 0 Å². The lowest BCUT2D eigenvalue weighted by Gasteiger charge is -1.97. The van der Waals surface area contributed by atoms with Gasteiger partial charge in [-0.05, 0) is 6.92 Å². The highest BCUT2D eigenvalue weighted by atomic mass is 16.4. The summed E-state index contributed by atoms with van der Waals surface area (Å²) in [6.07, 6.45) is 3.14. The van der Waals surface area contributed by atoms with E-state index < -0.39 is 17.9 Å². The van der Waals surface area contributed by atoms with Crippen molar-refractivity contribution in [2.24, 2.45) is 5.92 Å². The quantitative estimate of drug-likeness (QED) is 0.526. The van der Waals surface area contributed by atoms with Crippen LogP contribution in [0.2, 0.25) is 0 Å². The SMILES string of the molecule is C/C=C\C(C(=O)O)C(=O)O.CCC#N. The zero-order valence-corrected chi connectivity index (χ0v) is 8.10. The molecule has 14 heavy (non-hydrogen) atoms. The number of hydrogen-bond acceptors (Lipinski definition) is 3. The average Bonchev–Trinajstić information content (AvgIpc) is 2.13. The molecular weight excluding hydrogens is 186 g/mol. The molecule has 0 aliphatic rings. The standard InChI is InChI=1S/C6H8O4.C3H5N/c1-2-3-4(5(7)8)6(9)10;1-2-3-4/h2-4H,1H3,(H,7,8)(H,9,10);2H2,1H3/b3-2-;. The zero-order chi connectivity index (χ0) is 11.6. The third-order valence-electron chi connectivity index (χ3n) is 1.08. The Bertz CT molecular complexity index is 238. The monoisotopic (exact) mass is 199 g/mol. The molecule has 0 fully saturated rings. The molecule has 5 heteroatoms.